The van der Waals surface area contributed by atoms with Crippen LogP contribution in [0.15, 0.2) is 30.3 Å². The third-order valence-corrected chi connectivity index (χ3v) is 3.91. The van der Waals surface area contributed by atoms with Gasteiger partial charge in [-0.2, -0.15) is 0 Å². The Bertz CT molecular complexity index is 320. The largest absolute Gasteiger partial charge is 0.370 e. The van der Waals surface area contributed by atoms with Gasteiger partial charge in [0.15, 0.2) is 0 Å². The van der Waals surface area contributed by atoms with Crippen LogP contribution >= 0.6 is 0 Å². The lowest BCUT2D eigenvalue weighted by atomic mass is 10.0. The summed E-state index contributed by atoms with van der Waals surface area (Å²) in [5.41, 5.74) is 1.35. The second-order valence-corrected chi connectivity index (χ2v) is 5.44. The number of benzene rings is 1. The van der Waals surface area contributed by atoms with E-state index in [4.69, 9.17) is 4.74 Å². The van der Waals surface area contributed by atoms with Gasteiger partial charge in [0.2, 0.25) is 0 Å². The Hall–Kier alpha value is -0.820. The Morgan fingerprint density at radius 1 is 1.00 bits per heavy atom. The van der Waals surface area contributed by atoms with Crippen molar-refractivity contribution < 1.29 is 4.74 Å². The second-order valence-electron chi connectivity index (χ2n) is 5.44. The van der Waals surface area contributed by atoms with Crippen LogP contribution in [-0.2, 0) is 4.74 Å². The van der Waals surface area contributed by atoms with Gasteiger partial charge in [-0.1, -0.05) is 69.4 Å². The van der Waals surface area contributed by atoms with Gasteiger partial charge in [-0.05, 0) is 24.8 Å². The maximum absolute atomic E-state index is 6.15. The molecule has 0 N–H and O–H groups in total. The first-order valence-corrected chi connectivity index (χ1v) is 7.60. The lowest BCUT2D eigenvalue weighted by Crippen LogP contribution is -2.06. The summed E-state index contributed by atoms with van der Waals surface area (Å²) >= 11 is 0. The van der Waals surface area contributed by atoms with Crippen molar-refractivity contribution in [3.63, 3.8) is 0 Å². The van der Waals surface area contributed by atoms with E-state index < -0.39 is 0 Å². The molecule has 0 amide bonds. The van der Waals surface area contributed by atoms with E-state index in [1.54, 1.807) is 0 Å². The van der Waals surface area contributed by atoms with Crippen LogP contribution in [0.3, 0.4) is 0 Å². The highest BCUT2D eigenvalue weighted by Crippen LogP contribution is 2.34. The molecule has 1 saturated heterocycles. The highest BCUT2D eigenvalue weighted by Gasteiger charge is 2.25. The van der Waals surface area contributed by atoms with E-state index in [1.165, 1.54) is 56.9 Å². The van der Waals surface area contributed by atoms with Gasteiger partial charge in [0.25, 0.3) is 0 Å². The summed E-state index contributed by atoms with van der Waals surface area (Å²) in [4.78, 5) is 0. The molecule has 0 unspecified atom stereocenters. The lowest BCUT2D eigenvalue weighted by molar-refractivity contribution is 0.0385. The van der Waals surface area contributed by atoms with Crippen molar-refractivity contribution >= 4 is 0 Å². The molecule has 2 rings (SSSR count). The molecule has 0 bridgehead atoms. The van der Waals surface area contributed by atoms with Gasteiger partial charge in [-0.3, -0.25) is 0 Å². The van der Waals surface area contributed by atoms with Crippen LogP contribution in [0.2, 0.25) is 0 Å². The molecule has 1 aliphatic heterocycles. The summed E-state index contributed by atoms with van der Waals surface area (Å²) in [6, 6.07) is 10.7. The zero-order valence-electron chi connectivity index (χ0n) is 11.6. The van der Waals surface area contributed by atoms with Crippen LogP contribution in [0.1, 0.15) is 70.0 Å². The van der Waals surface area contributed by atoms with Crippen LogP contribution in [0.4, 0.5) is 0 Å². The number of ether oxygens (including phenoxy) is 1. The Labute approximate surface area is 112 Å². The zero-order valence-corrected chi connectivity index (χ0v) is 11.6. The minimum Gasteiger partial charge on any atom is -0.370 e. The van der Waals surface area contributed by atoms with Crippen molar-refractivity contribution in [2.24, 2.45) is 0 Å². The number of unbranched alkanes of at least 4 members (excludes halogenated alkanes) is 4. The first-order chi connectivity index (χ1) is 8.90. The fraction of sp³-hybridized carbons (Fsp3) is 0.647. The van der Waals surface area contributed by atoms with E-state index in [2.05, 4.69) is 37.3 Å². The van der Waals surface area contributed by atoms with Crippen molar-refractivity contribution in [3.05, 3.63) is 35.9 Å². The molecule has 18 heavy (non-hydrogen) atoms. The molecule has 0 aromatic heterocycles. The van der Waals surface area contributed by atoms with Crippen LogP contribution in [0, 0.1) is 0 Å². The molecule has 2 atom stereocenters. The average Bonchev–Trinajstić information content (AvgIpc) is 2.88. The minimum atomic E-state index is 0.354. The fourth-order valence-electron chi connectivity index (χ4n) is 2.81. The molecule has 1 fully saturated rings. The van der Waals surface area contributed by atoms with E-state index in [9.17, 15) is 0 Å². The highest BCUT2D eigenvalue weighted by atomic mass is 16.5. The zero-order chi connectivity index (χ0) is 12.6. The van der Waals surface area contributed by atoms with Gasteiger partial charge in [-0.25, -0.2) is 0 Å². The lowest BCUT2D eigenvalue weighted by Gasteiger charge is -2.13. The third kappa shape index (κ3) is 4.13. The Balaban J connectivity index is 1.66. The van der Waals surface area contributed by atoms with Gasteiger partial charge >= 0.3 is 0 Å². The molecule has 0 radical (unpaired) electrons. The molecule has 0 aliphatic carbocycles. The van der Waals surface area contributed by atoms with E-state index in [0.29, 0.717) is 12.2 Å². The van der Waals surface area contributed by atoms with Gasteiger partial charge < -0.3 is 4.74 Å². The van der Waals surface area contributed by atoms with Crippen molar-refractivity contribution in [1.82, 2.24) is 0 Å². The molecule has 1 aromatic carbocycles. The third-order valence-electron chi connectivity index (χ3n) is 3.91. The van der Waals surface area contributed by atoms with Gasteiger partial charge in [0.1, 0.15) is 0 Å². The first kappa shape index (κ1) is 13.6. The van der Waals surface area contributed by atoms with E-state index >= 15 is 0 Å². The Morgan fingerprint density at radius 3 is 2.56 bits per heavy atom. The molecule has 0 spiro atoms. The Kier molecular flexibility index (Phi) is 5.73. The topological polar surface area (TPSA) is 9.23 Å². The average molecular weight is 246 g/mol. The van der Waals surface area contributed by atoms with E-state index in [1.807, 2.05) is 0 Å². The summed E-state index contributed by atoms with van der Waals surface area (Å²) in [7, 11) is 0. The normalized spacial score (nSPS) is 23.4. The van der Waals surface area contributed by atoms with Crippen molar-refractivity contribution in [2.75, 3.05) is 0 Å². The summed E-state index contributed by atoms with van der Waals surface area (Å²) in [6.07, 6.45) is 11.4. The molecule has 100 valence electrons. The molecule has 1 aliphatic rings. The maximum atomic E-state index is 6.15. The molecule has 1 aromatic rings. The molecule has 0 saturated carbocycles. The molecule has 1 nitrogen and oxygen atoms in total. The fourth-order valence-corrected chi connectivity index (χ4v) is 2.81. The SMILES string of the molecule is CCCCCCC[C@@H]1CC[C@@H](c2ccccc2)O1. The highest BCUT2D eigenvalue weighted by molar-refractivity contribution is 5.18. The van der Waals surface area contributed by atoms with Crippen molar-refractivity contribution in [3.8, 4) is 0 Å². The molecular formula is C17H26O. The molecule has 1 heterocycles. The standard InChI is InChI=1S/C17H26O/c1-2-3-4-5-9-12-16-13-14-17(18-16)15-10-7-6-8-11-15/h6-8,10-11,16-17H,2-5,9,12-14H2,1H3/t16-,17+/m1/s1. The summed E-state index contributed by atoms with van der Waals surface area (Å²) in [5.74, 6) is 0. The second kappa shape index (κ2) is 7.58. The van der Waals surface area contributed by atoms with Crippen LogP contribution in [-0.4, -0.2) is 6.10 Å². The summed E-state index contributed by atoms with van der Waals surface area (Å²) in [6.45, 7) is 2.27. The quantitative estimate of drug-likeness (QED) is 0.596. The number of hydrogen-bond acceptors (Lipinski definition) is 1. The minimum absolute atomic E-state index is 0.354. The van der Waals surface area contributed by atoms with Gasteiger partial charge in [0, 0.05) is 0 Å². The first-order valence-electron chi connectivity index (χ1n) is 7.60. The monoisotopic (exact) mass is 246 g/mol. The van der Waals surface area contributed by atoms with E-state index in [0.717, 1.165) is 0 Å². The predicted molar refractivity (Wildman–Crippen MR) is 76.7 cm³/mol. The smallest absolute Gasteiger partial charge is 0.0829 e. The van der Waals surface area contributed by atoms with Crippen LogP contribution in [0.25, 0.3) is 0 Å². The molecular weight excluding hydrogens is 220 g/mol. The Morgan fingerprint density at radius 2 is 1.78 bits per heavy atom. The summed E-state index contributed by atoms with van der Waals surface area (Å²) in [5, 5.41) is 0. The van der Waals surface area contributed by atoms with E-state index in [-0.39, 0.29) is 0 Å². The van der Waals surface area contributed by atoms with Crippen molar-refractivity contribution in [2.45, 2.75) is 70.5 Å². The maximum Gasteiger partial charge on any atom is 0.0829 e. The molecule has 1 heteroatoms. The number of hydrogen-bond donors (Lipinski definition) is 0. The van der Waals surface area contributed by atoms with Gasteiger partial charge in [0.05, 0.1) is 12.2 Å². The summed E-state index contributed by atoms with van der Waals surface area (Å²) < 4.78 is 6.15. The predicted octanol–water partition coefficient (Wildman–Crippen LogP) is 5.27. The number of rotatable bonds is 7. The van der Waals surface area contributed by atoms with Crippen LogP contribution in [0.5, 0.6) is 0 Å². The van der Waals surface area contributed by atoms with Crippen LogP contribution < -0.4 is 0 Å². The van der Waals surface area contributed by atoms with Crippen molar-refractivity contribution in [1.29, 1.82) is 0 Å². The van der Waals surface area contributed by atoms with Gasteiger partial charge in [-0.15, -0.1) is 0 Å².